The maximum atomic E-state index is 11.2. The van der Waals surface area contributed by atoms with Gasteiger partial charge in [0.1, 0.15) is 0 Å². The van der Waals surface area contributed by atoms with Gasteiger partial charge in [-0.2, -0.15) is 0 Å². The second kappa shape index (κ2) is 6.12. The number of carbonyl (C=O) groups is 2. The standard InChI is InChI=1S/C12H13NO2S/c1-9(14)13-12(15)8-11(16)7-10-5-3-2-4-6-10/h2-6,8,16H,7H2,1H3,(H,13,14,15). The molecule has 1 N–H and O–H groups in total. The molecule has 0 spiro atoms. The molecular formula is C12H13NO2S. The monoisotopic (exact) mass is 235 g/mol. The van der Waals surface area contributed by atoms with Crippen molar-refractivity contribution in [3.8, 4) is 0 Å². The molecule has 0 fully saturated rings. The Balaban J connectivity index is 2.58. The van der Waals surface area contributed by atoms with E-state index in [1.807, 2.05) is 30.3 Å². The number of amides is 2. The molecule has 0 saturated heterocycles. The van der Waals surface area contributed by atoms with Crippen molar-refractivity contribution in [1.82, 2.24) is 5.32 Å². The van der Waals surface area contributed by atoms with Crippen LogP contribution >= 0.6 is 12.6 Å². The van der Waals surface area contributed by atoms with Crippen LogP contribution in [0.5, 0.6) is 0 Å². The maximum absolute atomic E-state index is 11.2. The summed E-state index contributed by atoms with van der Waals surface area (Å²) < 4.78 is 0. The zero-order valence-electron chi connectivity index (χ0n) is 8.93. The van der Waals surface area contributed by atoms with Crippen LogP contribution in [-0.4, -0.2) is 11.8 Å². The molecular weight excluding hydrogens is 222 g/mol. The summed E-state index contributed by atoms with van der Waals surface area (Å²) in [5.74, 6) is -0.810. The zero-order valence-corrected chi connectivity index (χ0v) is 9.83. The van der Waals surface area contributed by atoms with Gasteiger partial charge in [0.15, 0.2) is 0 Å². The Bertz CT molecular complexity index is 412. The molecule has 0 saturated carbocycles. The number of hydrogen-bond acceptors (Lipinski definition) is 3. The van der Waals surface area contributed by atoms with E-state index in [4.69, 9.17) is 0 Å². The van der Waals surface area contributed by atoms with Gasteiger partial charge >= 0.3 is 0 Å². The van der Waals surface area contributed by atoms with Gasteiger partial charge in [-0.3, -0.25) is 14.9 Å². The number of thiol groups is 1. The Morgan fingerprint density at radius 1 is 1.31 bits per heavy atom. The lowest BCUT2D eigenvalue weighted by atomic mass is 10.1. The number of carbonyl (C=O) groups excluding carboxylic acids is 2. The number of benzene rings is 1. The molecule has 0 radical (unpaired) electrons. The molecule has 3 nitrogen and oxygen atoms in total. The van der Waals surface area contributed by atoms with Crippen molar-refractivity contribution in [3.63, 3.8) is 0 Å². The van der Waals surface area contributed by atoms with Gasteiger partial charge < -0.3 is 0 Å². The number of rotatable bonds is 3. The van der Waals surface area contributed by atoms with Crippen LogP contribution in [0.25, 0.3) is 0 Å². The van der Waals surface area contributed by atoms with Crippen molar-refractivity contribution in [1.29, 1.82) is 0 Å². The van der Waals surface area contributed by atoms with E-state index in [1.165, 1.54) is 13.0 Å². The Labute approximate surface area is 100.0 Å². The Hall–Kier alpha value is -1.55. The third-order valence-electron chi connectivity index (χ3n) is 1.83. The van der Waals surface area contributed by atoms with Crippen LogP contribution in [0.2, 0.25) is 0 Å². The fourth-order valence-corrected chi connectivity index (χ4v) is 1.52. The Morgan fingerprint density at radius 2 is 1.94 bits per heavy atom. The van der Waals surface area contributed by atoms with Crippen molar-refractivity contribution >= 4 is 24.4 Å². The molecule has 0 aliphatic carbocycles. The van der Waals surface area contributed by atoms with Crippen LogP contribution < -0.4 is 5.32 Å². The van der Waals surface area contributed by atoms with Gasteiger partial charge in [0.2, 0.25) is 5.91 Å². The van der Waals surface area contributed by atoms with E-state index < -0.39 is 5.91 Å². The third kappa shape index (κ3) is 4.79. The summed E-state index contributed by atoms with van der Waals surface area (Å²) in [7, 11) is 0. The van der Waals surface area contributed by atoms with Gasteiger partial charge in [0.05, 0.1) is 0 Å². The van der Waals surface area contributed by atoms with E-state index in [0.717, 1.165) is 5.56 Å². The smallest absolute Gasteiger partial charge is 0.251 e. The molecule has 84 valence electrons. The van der Waals surface area contributed by atoms with Crippen molar-refractivity contribution < 1.29 is 9.59 Å². The topological polar surface area (TPSA) is 46.2 Å². The molecule has 0 atom stereocenters. The first-order chi connectivity index (χ1) is 7.58. The van der Waals surface area contributed by atoms with Crippen molar-refractivity contribution in [2.75, 3.05) is 0 Å². The van der Waals surface area contributed by atoms with E-state index in [0.29, 0.717) is 11.3 Å². The van der Waals surface area contributed by atoms with Crippen molar-refractivity contribution in [2.45, 2.75) is 13.3 Å². The van der Waals surface area contributed by atoms with E-state index >= 15 is 0 Å². The minimum Gasteiger partial charge on any atom is -0.293 e. The molecule has 2 amide bonds. The summed E-state index contributed by atoms with van der Waals surface area (Å²) in [6.45, 7) is 1.29. The second-order valence-corrected chi connectivity index (χ2v) is 3.92. The highest BCUT2D eigenvalue weighted by molar-refractivity contribution is 7.84. The first-order valence-electron chi connectivity index (χ1n) is 4.83. The fourth-order valence-electron chi connectivity index (χ4n) is 1.22. The first kappa shape index (κ1) is 12.5. The SMILES string of the molecule is CC(=O)NC(=O)C=C(S)Cc1ccccc1. The summed E-state index contributed by atoms with van der Waals surface area (Å²) in [5, 5.41) is 2.16. The average molecular weight is 235 g/mol. The Kier molecular flexibility index (Phi) is 4.79. The highest BCUT2D eigenvalue weighted by atomic mass is 32.1. The average Bonchev–Trinajstić information content (AvgIpc) is 2.17. The zero-order chi connectivity index (χ0) is 12.0. The molecule has 1 aromatic carbocycles. The maximum Gasteiger partial charge on any atom is 0.251 e. The molecule has 0 bridgehead atoms. The molecule has 0 aromatic heterocycles. The van der Waals surface area contributed by atoms with E-state index in [-0.39, 0.29) is 5.91 Å². The number of allylic oxidation sites excluding steroid dienone is 1. The minimum absolute atomic E-state index is 0.373. The molecule has 0 heterocycles. The predicted molar refractivity (Wildman–Crippen MR) is 66.0 cm³/mol. The highest BCUT2D eigenvalue weighted by Crippen LogP contribution is 2.10. The van der Waals surface area contributed by atoms with Crippen LogP contribution in [-0.2, 0) is 16.0 Å². The van der Waals surface area contributed by atoms with Gasteiger partial charge in [0.25, 0.3) is 5.91 Å². The van der Waals surface area contributed by atoms with E-state index in [1.54, 1.807) is 0 Å². The lowest BCUT2D eigenvalue weighted by molar-refractivity contribution is -0.126. The molecule has 0 aliphatic heterocycles. The van der Waals surface area contributed by atoms with Gasteiger partial charge in [0, 0.05) is 19.4 Å². The summed E-state index contributed by atoms with van der Waals surface area (Å²) in [6.07, 6.45) is 1.90. The number of imide groups is 1. The van der Waals surface area contributed by atoms with Gasteiger partial charge in [-0.15, -0.1) is 12.6 Å². The quantitative estimate of drug-likeness (QED) is 0.619. The van der Waals surface area contributed by atoms with E-state index in [9.17, 15) is 9.59 Å². The van der Waals surface area contributed by atoms with Crippen LogP contribution in [0.15, 0.2) is 41.3 Å². The lowest BCUT2D eigenvalue weighted by Crippen LogP contribution is -2.26. The Morgan fingerprint density at radius 3 is 2.50 bits per heavy atom. The first-order valence-corrected chi connectivity index (χ1v) is 5.27. The summed E-state index contributed by atoms with van der Waals surface area (Å²) >= 11 is 4.19. The highest BCUT2D eigenvalue weighted by Gasteiger charge is 2.01. The minimum atomic E-state index is -0.437. The summed E-state index contributed by atoms with van der Waals surface area (Å²) in [6, 6.07) is 9.67. The van der Waals surface area contributed by atoms with Crippen molar-refractivity contribution in [2.24, 2.45) is 0 Å². The molecule has 0 unspecified atom stereocenters. The molecule has 1 rings (SSSR count). The lowest BCUT2D eigenvalue weighted by Gasteiger charge is -2.01. The van der Waals surface area contributed by atoms with Crippen LogP contribution in [0.1, 0.15) is 12.5 Å². The van der Waals surface area contributed by atoms with Gasteiger partial charge in [-0.25, -0.2) is 0 Å². The largest absolute Gasteiger partial charge is 0.293 e. The summed E-state index contributed by atoms with van der Waals surface area (Å²) in [5.41, 5.74) is 1.07. The van der Waals surface area contributed by atoms with Crippen LogP contribution in [0.4, 0.5) is 0 Å². The summed E-state index contributed by atoms with van der Waals surface area (Å²) in [4.78, 5) is 22.4. The van der Waals surface area contributed by atoms with Crippen LogP contribution in [0.3, 0.4) is 0 Å². The van der Waals surface area contributed by atoms with E-state index in [2.05, 4.69) is 17.9 Å². The normalized spacial score (nSPS) is 11.0. The molecule has 1 aromatic rings. The van der Waals surface area contributed by atoms with Gasteiger partial charge in [-0.1, -0.05) is 30.3 Å². The van der Waals surface area contributed by atoms with Crippen LogP contribution in [0, 0.1) is 0 Å². The number of hydrogen-bond donors (Lipinski definition) is 2. The van der Waals surface area contributed by atoms with Gasteiger partial charge in [-0.05, 0) is 10.5 Å². The fraction of sp³-hybridized carbons (Fsp3) is 0.167. The number of nitrogens with one attached hydrogen (secondary N) is 1. The molecule has 16 heavy (non-hydrogen) atoms. The molecule has 4 heteroatoms. The predicted octanol–water partition coefficient (Wildman–Crippen LogP) is 1.71. The third-order valence-corrected chi connectivity index (χ3v) is 2.11. The van der Waals surface area contributed by atoms with Crippen molar-refractivity contribution in [3.05, 3.63) is 46.9 Å². The molecule has 0 aliphatic rings. The second-order valence-electron chi connectivity index (χ2n) is 3.34.